The maximum atomic E-state index is 13.4. The van der Waals surface area contributed by atoms with Crippen LogP contribution in [0.15, 0.2) is 41.0 Å². The van der Waals surface area contributed by atoms with Gasteiger partial charge in [0.1, 0.15) is 11.3 Å². The van der Waals surface area contributed by atoms with Crippen molar-refractivity contribution in [2.24, 2.45) is 5.92 Å². The van der Waals surface area contributed by atoms with Crippen molar-refractivity contribution in [2.45, 2.75) is 38.7 Å². The van der Waals surface area contributed by atoms with Gasteiger partial charge in [-0.25, -0.2) is 4.98 Å². The maximum absolute atomic E-state index is 13.4. The number of rotatable bonds is 5. The van der Waals surface area contributed by atoms with Crippen LogP contribution in [0.5, 0.6) is 0 Å². The number of benzene rings is 1. The van der Waals surface area contributed by atoms with Gasteiger partial charge >= 0.3 is 12.4 Å². The van der Waals surface area contributed by atoms with E-state index in [4.69, 9.17) is 0 Å². The molecule has 4 rings (SSSR count). The predicted octanol–water partition coefficient (Wildman–Crippen LogP) is 6.58. The molecule has 11 heteroatoms. The van der Waals surface area contributed by atoms with E-state index in [1.807, 2.05) is 0 Å². The Hall–Kier alpha value is -2.56. The fraction of sp³-hybridized carbons (Fsp3) is 0.364. The maximum Gasteiger partial charge on any atom is 0.433 e. The summed E-state index contributed by atoms with van der Waals surface area (Å²) < 4.78 is 81.8. The second-order valence-corrected chi connectivity index (χ2v) is 8.73. The topological polar surface area (TPSA) is 38.1 Å². The van der Waals surface area contributed by atoms with E-state index in [0.717, 1.165) is 31.0 Å². The molecule has 4 nitrogen and oxygen atoms in total. The van der Waals surface area contributed by atoms with E-state index in [2.05, 4.69) is 20.9 Å². The summed E-state index contributed by atoms with van der Waals surface area (Å²) in [6, 6.07) is 5.10. The van der Waals surface area contributed by atoms with Crippen molar-refractivity contribution >= 4 is 32.9 Å². The molecular weight excluding hydrogens is 516 g/mol. The second kappa shape index (κ2) is 8.34. The van der Waals surface area contributed by atoms with Gasteiger partial charge in [0, 0.05) is 35.1 Å². The summed E-state index contributed by atoms with van der Waals surface area (Å²) in [5.41, 5.74) is -1.71. The smallest absolute Gasteiger partial charge is 0.338 e. The quantitative estimate of drug-likeness (QED) is 0.347. The Morgan fingerprint density at radius 2 is 1.82 bits per heavy atom. The lowest BCUT2D eigenvalue weighted by molar-refractivity contribution is -0.141. The Morgan fingerprint density at radius 3 is 2.39 bits per heavy atom. The third-order valence-electron chi connectivity index (χ3n) is 5.54. The van der Waals surface area contributed by atoms with Gasteiger partial charge in [0.15, 0.2) is 0 Å². The molecule has 0 saturated heterocycles. The van der Waals surface area contributed by atoms with Crippen LogP contribution in [0.2, 0.25) is 0 Å². The number of halogens is 7. The first-order valence-electron chi connectivity index (χ1n) is 10.1. The summed E-state index contributed by atoms with van der Waals surface area (Å²) in [6.07, 6.45) is -6.36. The van der Waals surface area contributed by atoms with Crippen molar-refractivity contribution in [1.29, 1.82) is 0 Å². The minimum absolute atomic E-state index is 0.0609. The molecule has 176 valence electrons. The number of nitrogens with zero attached hydrogens (tertiary/aromatic N) is 3. The highest BCUT2D eigenvalue weighted by Crippen LogP contribution is 2.37. The number of pyridine rings is 1. The molecule has 1 aliphatic rings. The number of amides is 1. The molecule has 0 spiro atoms. The fourth-order valence-electron chi connectivity index (χ4n) is 3.67. The van der Waals surface area contributed by atoms with Crippen LogP contribution in [0.4, 0.5) is 26.3 Å². The first kappa shape index (κ1) is 23.6. The molecular formula is C22H18BrF6N3O. The van der Waals surface area contributed by atoms with Gasteiger partial charge in [-0.05, 0) is 71.6 Å². The third kappa shape index (κ3) is 4.73. The average molecular weight is 534 g/mol. The molecule has 1 fully saturated rings. The third-order valence-corrected chi connectivity index (χ3v) is 6.17. The summed E-state index contributed by atoms with van der Waals surface area (Å²) in [5, 5.41) is 0.371. The Balaban J connectivity index is 1.88. The average Bonchev–Trinajstić information content (AvgIpc) is 3.54. The van der Waals surface area contributed by atoms with Crippen LogP contribution < -0.4 is 0 Å². The number of fused-ring (bicyclic) bond motifs is 1. The zero-order chi connectivity index (χ0) is 24.1. The molecule has 2 aromatic heterocycles. The lowest BCUT2D eigenvalue weighted by atomic mass is 10.1. The van der Waals surface area contributed by atoms with Crippen molar-refractivity contribution in [3.05, 3.63) is 57.8 Å². The minimum atomic E-state index is -4.69. The number of carbonyl (C=O) groups is 1. The minimum Gasteiger partial charge on any atom is -0.338 e. The highest BCUT2D eigenvalue weighted by molar-refractivity contribution is 9.10. The zero-order valence-corrected chi connectivity index (χ0v) is 18.9. The molecule has 1 saturated carbocycles. The van der Waals surface area contributed by atoms with Crippen molar-refractivity contribution in [1.82, 2.24) is 14.5 Å². The number of hydrogen-bond acceptors (Lipinski definition) is 2. The molecule has 33 heavy (non-hydrogen) atoms. The van der Waals surface area contributed by atoms with Crippen LogP contribution in [0.25, 0.3) is 16.7 Å². The van der Waals surface area contributed by atoms with E-state index in [9.17, 15) is 31.1 Å². The second-order valence-electron chi connectivity index (χ2n) is 7.88. The summed E-state index contributed by atoms with van der Waals surface area (Å²) in [6.45, 7) is 1.91. The molecule has 0 bridgehead atoms. The summed E-state index contributed by atoms with van der Waals surface area (Å²) >= 11 is 3.29. The summed E-state index contributed by atoms with van der Waals surface area (Å²) in [4.78, 5) is 17.8. The van der Waals surface area contributed by atoms with Gasteiger partial charge in [-0.3, -0.25) is 9.36 Å². The molecule has 1 amide bonds. The molecule has 0 radical (unpaired) electrons. The predicted molar refractivity (Wildman–Crippen MR) is 113 cm³/mol. The fourth-order valence-corrected chi connectivity index (χ4v) is 4.18. The highest BCUT2D eigenvalue weighted by Gasteiger charge is 2.35. The van der Waals surface area contributed by atoms with Gasteiger partial charge in [-0.15, -0.1) is 0 Å². The monoisotopic (exact) mass is 533 g/mol. The van der Waals surface area contributed by atoms with Gasteiger partial charge in [0.2, 0.25) is 5.91 Å². The molecule has 0 atom stereocenters. The van der Waals surface area contributed by atoms with E-state index in [0.29, 0.717) is 9.86 Å². The van der Waals surface area contributed by atoms with Gasteiger partial charge in [-0.2, -0.15) is 26.3 Å². The summed E-state index contributed by atoms with van der Waals surface area (Å²) in [5.74, 6) is -0.270. The van der Waals surface area contributed by atoms with Crippen molar-refractivity contribution in [3.8, 4) is 5.69 Å². The van der Waals surface area contributed by atoms with Gasteiger partial charge < -0.3 is 4.90 Å². The summed E-state index contributed by atoms with van der Waals surface area (Å²) in [7, 11) is 0. The van der Waals surface area contributed by atoms with Crippen LogP contribution in [-0.2, 0) is 23.7 Å². The van der Waals surface area contributed by atoms with Gasteiger partial charge in [-0.1, -0.05) is 0 Å². The normalized spacial score (nSPS) is 14.7. The van der Waals surface area contributed by atoms with Crippen LogP contribution >= 0.6 is 15.9 Å². The van der Waals surface area contributed by atoms with Crippen LogP contribution in [-0.4, -0.2) is 26.9 Å². The van der Waals surface area contributed by atoms with E-state index in [1.165, 1.54) is 27.8 Å². The SMILES string of the molecule is CCN(Cc1cc(C(F)(F)F)ccc1-n1cc(Br)c2ccc(C(F)(F)F)nc21)C(=O)C1CC1. The zero-order valence-electron chi connectivity index (χ0n) is 17.3. The molecule has 1 aromatic carbocycles. The van der Waals surface area contributed by atoms with Gasteiger partial charge in [0.25, 0.3) is 0 Å². The Morgan fingerprint density at radius 1 is 1.12 bits per heavy atom. The Kier molecular flexibility index (Phi) is 5.96. The van der Waals surface area contributed by atoms with Crippen LogP contribution in [0, 0.1) is 5.92 Å². The number of aromatic nitrogens is 2. The number of hydrogen-bond donors (Lipinski definition) is 0. The van der Waals surface area contributed by atoms with E-state index in [-0.39, 0.29) is 41.8 Å². The lowest BCUT2D eigenvalue weighted by Gasteiger charge is -2.24. The van der Waals surface area contributed by atoms with Crippen LogP contribution in [0.3, 0.4) is 0 Å². The molecule has 2 heterocycles. The first-order chi connectivity index (χ1) is 15.4. The van der Waals surface area contributed by atoms with E-state index >= 15 is 0 Å². The molecule has 0 aliphatic heterocycles. The van der Waals surface area contributed by atoms with E-state index < -0.39 is 23.6 Å². The van der Waals surface area contributed by atoms with Crippen LogP contribution in [0.1, 0.15) is 36.6 Å². The number of alkyl halides is 6. The Labute approximate surface area is 193 Å². The standard InChI is InChI=1S/C22H18BrF6N3O/c1-2-31(20(33)12-3-4-12)10-13-9-14(21(24,25)26)5-7-17(13)32-11-16(23)15-6-8-18(22(27,28)29)30-19(15)32/h5-9,11-12H,2-4,10H2,1H3. The van der Waals surface area contributed by atoms with Crippen molar-refractivity contribution in [2.75, 3.05) is 6.54 Å². The largest absolute Gasteiger partial charge is 0.433 e. The van der Waals surface area contributed by atoms with Gasteiger partial charge in [0.05, 0.1) is 11.3 Å². The molecule has 0 unspecified atom stereocenters. The Bertz CT molecular complexity index is 1210. The lowest BCUT2D eigenvalue weighted by Crippen LogP contribution is -2.32. The van der Waals surface area contributed by atoms with Crippen molar-refractivity contribution < 1.29 is 31.1 Å². The first-order valence-corrected chi connectivity index (χ1v) is 10.9. The highest BCUT2D eigenvalue weighted by atomic mass is 79.9. The number of carbonyl (C=O) groups excluding carboxylic acids is 1. The molecule has 0 N–H and O–H groups in total. The molecule has 3 aromatic rings. The van der Waals surface area contributed by atoms with Crippen molar-refractivity contribution in [3.63, 3.8) is 0 Å². The van der Waals surface area contributed by atoms with E-state index in [1.54, 1.807) is 6.92 Å². The molecule has 1 aliphatic carbocycles.